The summed E-state index contributed by atoms with van der Waals surface area (Å²) in [6.07, 6.45) is 9.62. The molecule has 0 aromatic carbocycles. The van der Waals surface area contributed by atoms with E-state index in [1.54, 1.807) is 17.5 Å². The van der Waals surface area contributed by atoms with Crippen LogP contribution in [0.25, 0.3) is 11.2 Å². The number of carbonyl (C=O) groups is 1. The lowest BCUT2D eigenvalue weighted by molar-refractivity contribution is 0.203. The number of hydrogen-bond acceptors (Lipinski definition) is 5. The van der Waals surface area contributed by atoms with E-state index in [0.29, 0.717) is 19.6 Å². The van der Waals surface area contributed by atoms with Crippen molar-refractivity contribution < 1.29 is 9.21 Å². The van der Waals surface area contributed by atoms with E-state index in [2.05, 4.69) is 26.6 Å². The van der Waals surface area contributed by atoms with Crippen LogP contribution in [-0.2, 0) is 12.8 Å². The molecular weight excluding hydrogens is 344 g/mol. The molecule has 4 rings (SSSR count). The Labute approximate surface area is 156 Å². The van der Waals surface area contributed by atoms with Gasteiger partial charge in [0.15, 0.2) is 5.65 Å². The molecule has 140 valence electrons. The van der Waals surface area contributed by atoms with Crippen LogP contribution >= 0.6 is 0 Å². The molecule has 2 amide bonds. The predicted molar refractivity (Wildman–Crippen MR) is 100 cm³/mol. The third-order valence-electron chi connectivity index (χ3n) is 4.75. The Morgan fingerprint density at radius 3 is 3.04 bits per heavy atom. The molecule has 0 aliphatic carbocycles. The lowest BCUT2D eigenvalue weighted by Gasteiger charge is -2.26. The minimum atomic E-state index is -0.0215. The molecule has 8 nitrogen and oxygen atoms in total. The molecule has 3 aromatic rings. The fourth-order valence-electron chi connectivity index (χ4n) is 3.33. The van der Waals surface area contributed by atoms with Crippen molar-refractivity contribution in [2.45, 2.75) is 26.2 Å². The fourth-order valence-corrected chi connectivity index (χ4v) is 3.33. The van der Waals surface area contributed by atoms with Crippen LogP contribution in [0.5, 0.6) is 0 Å². The molecule has 0 atom stereocenters. The summed E-state index contributed by atoms with van der Waals surface area (Å²) < 4.78 is 7.34. The highest BCUT2D eigenvalue weighted by atomic mass is 16.3. The second kappa shape index (κ2) is 7.61. The fraction of sp³-hybridized carbons (Fsp3) is 0.368. The normalized spacial score (nSPS) is 14.4. The molecule has 0 radical (unpaired) electrons. The van der Waals surface area contributed by atoms with Gasteiger partial charge in [0.25, 0.3) is 0 Å². The van der Waals surface area contributed by atoms with Gasteiger partial charge in [-0.25, -0.2) is 9.78 Å². The van der Waals surface area contributed by atoms with Gasteiger partial charge in [0.1, 0.15) is 17.9 Å². The number of hydrogen-bond donors (Lipinski definition) is 1. The summed E-state index contributed by atoms with van der Waals surface area (Å²) >= 11 is 0. The molecule has 27 heavy (non-hydrogen) atoms. The standard InChI is InChI=1S/C19H22N6O2/c1-2-20-19(26)24-9-7-14(8-10-24)16-12-21-17(25-13-22-23-18(16)25)6-5-15-4-3-11-27-15/h3-4,7,11-13H,2,5-6,8-10H2,1H3,(H,20,26). The summed E-state index contributed by atoms with van der Waals surface area (Å²) in [5.74, 6) is 1.83. The number of aryl methyl sites for hydroxylation is 2. The summed E-state index contributed by atoms with van der Waals surface area (Å²) in [5.41, 5.74) is 2.93. The molecular formula is C19H22N6O2. The average Bonchev–Trinajstić information content (AvgIpc) is 3.38. The van der Waals surface area contributed by atoms with Crippen LogP contribution in [0, 0.1) is 0 Å². The van der Waals surface area contributed by atoms with Crippen molar-refractivity contribution in [3.05, 3.63) is 54.1 Å². The Morgan fingerprint density at radius 2 is 2.30 bits per heavy atom. The second-order valence-electron chi connectivity index (χ2n) is 6.45. The van der Waals surface area contributed by atoms with Gasteiger partial charge in [-0.15, -0.1) is 10.2 Å². The first-order valence-corrected chi connectivity index (χ1v) is 9.18. The van der Waals surface area contributed by atoms with Gasteiger partial charge >= 0.3 is 6.03 Å². The molecule has 3 aromatic heterocycles. The van der Waals surface area contributed by atoms with Gasteiger partial charge in [-0.1, -0.05) is 6.08 Å². The zero-order valence-corrected chi connectivity index (χ0v) is 15.3. The first-order valence-electron chi connectivity index (χ1n) is 9.18. The smallest absolute Gasteiger partial charge is 0.317 e. The van der Waals surface area contributed by atoms with Crippen molar-refractivity contribution in [2.75, 3.05) is 19.6 Å². The number of furan rings is 1. The highest BCUT2D eigenvalue weighted by Gasteiger charge is 2.20. The second-order valence-corrected chi connectivity index (χ2v) is 6.45. The van der Waals surface area contributed by atoms with E-state index in [0.717, 1.165) is 47.6 Å². The summed E-state index contributed by atoms with van der Waals surface area (Å²) in [7, 11) is 0. The molecule has 0 saturated heterocycles. The van der Waals surface area contributed by atoms with Crippen LogP contribution in [-0.4, -0.2) is 50.1 Å². The molecule has 0 bridgehead atoms. The zero-order chi connectivity index (χ0) is 18.6. The van der Waals surface area contributed by atoms with Crippen molar-refractivity contribution in [1.82, 2.24) is 29.8 Å². The number of carbonyl (C=O) groups excluding carboxylic acids is 1. The monoisotopic (exact) mass is 366 g/mol. The molecule has 1 aliphatic heterocycles. The topological polar surface area (TPSA) is 88.6 Å². The molecule has 0 fully saturated rings. The Balaban J connectivity index is 1.54. The first kappa shape index (κ1) is 17.3. The van der Waals surface area contributed by atoms with Gasteiger partial charge in [0.2, 0.25) is 0 Å². The molecule has 0 unspecified atom stereocenters. The van der Waals surface area contributed by atoms with Crippen molar-refractivity contribution >= 4 is 17.3 Å². The van der Waals surface area contributed by atoms with E-state index in [-0.39, 0.29) is 6.03 Å². The first-order chi connectivity index (χ1) is 13.3. The minimum Gasteiger partial charge on any atom is -0.469 e. The van der Waals surface area contributed by atoms with E-state index in [1.807, 2.05) is 29.7 Å². The molecule has 4 heterocycles. The number of rotatable bonds is 5. The Kier molecular flexibility index (Phi) is 4.86. The van der Waals surface area contributed by atoms with Crippen LogP contribution in [0.15, 0.2) is 41.4 Å². The minimum absolute atomic E-state index is 0.0215. The van der Waals surface area contributed by atoms with Crippen LogP contribution in [0.2, 0.25) is 0 Å². The maximum Gasteiger partial charge on any atom is 0.317 e. The molecule has 1 N–H and O–H groups in total. The maximum absolute atomic E-state index is 12.0. The van der Waals surface area contributed by atoms with Gasteiger partial charge < -0.3 is 14.6 Å². The van der Waals surface area contributed by atoms with Crippen molar-refractivity contribution in [2.24, 2.45) is 0 Å². The third-order valence-corrected chi connectivity index (χ3v) is 4.75. The Hall–Kier alpha value is -3.16. The number of nitrogens with zero attached hydrogens (tertiary/aromatic N) is 5. The average molecular weight is 366 g/mol. The predicted octanol–water partition coefficient (Wildman–Crippen LogP) is 2.32. The maximum atomic E-state index is 12.0. The van der Waals surface area contributed by atoms with Crippen molar-refractivity contribution in [1.29, 1.82) is 0 Å². The number of urea groups is 1. The zero-order valence-electron chi connectivity index (χ0n) is 15.3. The van der Waals surface area contributed by atoms with Gasteiger partial charge in [0.05, 0.1) is 6.26 Å². The van der Waals surface area contributed by atoms with Crippen molar-refractivity contribution in [3.8, 4) is 0 Å². The number of amides is 2. The van der Waals surface area contributed by atoms with E-state index >= 15 is 0 Å². The lowest BCUT2D eigenvalue weighted by atomic mass is 10.0. The van der Waals surface area contributed by atoms with Gasteiger partial charge in [0, 0.05) is 44.2 Å². The van der Waals surface area contributed by atoms with Crippen LogP contribution in [0.3, 0.4) is 0 Å². The van der Waals surface area contributed by atoms with Gasteiger partial charge in [-0.05, 0) is 31.1 Å². The summed E-state index contributed by atoms with van der Waals surface area (Å²) in [6.45, 7) is 3.82. The number of aromatic nitrogens is 4. The highest BCUT2D eigenvalue weighted by molar-refractivity contribution is 5.79. The van der Waals surface area contributed by atoms with Gasteiger partial charge in [-0.3, -0.25) is 4.40 Å². The number of fused-ring (bicyclic) bond motifs is 1. The van der Waals surface area contributed by atoms with Crippen LogP contribution < -0.4 is 5.32 Å². The van der Waals surface area contributed by atoms with E-state index in [9.17, 15) is 4.79 Å². The molecule has 8 heteroatoms. The summed E-state index contributed by atoms with van der Waals surface area (Å²) in [5, 5.41) is 11.2. The van der Waals surface area contributed by atoms with E-state index < -0.39 is 0 Å². The molecule has 0 spiro atoms. The summed E-state index contributed by atoms with van der Waals surface area (Å²) in [6, 6.07) is 3.83. The largest absolute Gasteiger partial charge is 0.469 e. The SMILES string of the molecule is CCNC(=O)N1CC=C(c2cnc(CCc3ccco3)n3cnnc23)CC1. The van der Waals surface area contributed by atoms with Crippen LogP contribution in [0.1, 0.15) is 30.5 Å². The van der Waals surface area contributed by atoms with Crippen molar-refractivity contribution in [3.63, 3.8) is 0 Å². The number of nitrogens with one attached hydrogen (secondary N) is 1. The highest BCUT2D eigenvalue weighted by Crippen LogP contribution is 2.25. The Bertz CT molecular complexity index is 960. The van der Waals surface area contributed by atoms with E-state index in [1.165, 1.54) is 0 Å². The molecule has 1 aliphatic rings. The third kappa shape index (κ3) is 3.55. The van der Waals surface area contributed by atoms with Crippen LogP contribution in [0.4, 0.5) is 4.79 Å². The van der Waals surface area contributed by atoms with E-state index in [4.69, 9.17) is 4.42 Å². The lowest BCUT2D eigenvalue weighted by Crippen LogP contribution is -2.42. The summed E-state index contributed by atoms with van der Waals surface area (Å²) in [4.78, 5) is 18.4. The quantitative estimate of drug-likeness (QED) is 0.749. The van der Waals surface area contributed by atoms with Gasteiger partial charge in [-0.2, -0.15) is 0 Å². The Morgan fingerprint density at radius 1 is 1.37 bits per heavy atom. The molecule has 0 saturated carbocycles.